The van der Waals surface area contributed by atoms with Crippen molar-refractivity contribution in [2.75, 3.05) is 12.4 Å². The van der Waals surface area contributed by atoms with Crippen molar-refractivity contribution in [2.24, 2.45) is 0 Å². The van der Waals surface area contributed by atoms with E-state index < -0.39 is 0 Å². The third-order valence-electron chi connectivity index (χ3n) is 4.97. The summed E-state index contributed by atoms with van der Waals surface area (Å²) in [5.41, 5.74) is 3.12. The highest BCUT2D eigenvalue weighted by Crippen LogP contribution is 2.36. The van der Waals surface area contributed by atoms with Gasteiger partial charge < -0.3 is 10.2 Å². The minimum atomic E-state index is -0.173. The molecule has 0 fully saturated rings. The number of hydrogen-bond donors (Lipinski definition) is 2. The molecule has 132 valence electrons. The number of nitrogens with one attached hydrogen (secondary N) is 2. The van der Waals surface area contributed by atoms with E-state index in [0.717, 1.165) is 35.7 Å². The largest absolute Gasteiger partial charge is 0.324 e. The second kappa shape index (κ2) is 8.13. The molecule has 0 saturated carbocycles. The van der Waals surface area contributed by atoms with Crippen molar-refractivity contribution in [1.29, 1.82) is 5.26 Å². The van der Waals surface area contributed by atoms with Gasteiger partial charge >= 0.3 is 0 Å². The number of nitriles is 1. The third kappa shape index (κ3) is 4.12. The lowest BCUT2D eigenvalue weighted by Gasteiger charge is -2.20. The van der Waals surface area contributed by atoms with Crippen LogP contribution in [-0.2, 0) is 24.2 Å². The Hall–Kier alpha value is -1.68. The van der Waals surface area contributed by atoms with E-state index in [-0.39, 0.29) is 11.9 Å². The SMILES string of the molecule is C[C@@H](C(=O)Nc1sc2c(c1C#N)CCCCC2)[NH+](C)Cc1ccsc1. The van der Waals surface area contributed by atoms with Crippen LogP contribution in [0.15, 0.2) is 16.8 Å². The lowest BCUT2D eigenvalue weighted by Crippen LogP contribution is -3.12. The van der Waals surface area contributed by atoms with Gasteiger partial charge in [0.05, 0.1) is 12.6 Å². The van der Waals surface area contributed by atoms with E-state index in [0.29, 0.717) is 5.56 Å². The molecule has 1 unspecified atom stereocenters. The molecular weight excluding hydrogens is 350 g/mol. The van der Waals surface area contributed by atoms with Crippen LogP contribution in [0.4, 0.5) is 5.00 Å². The number of likely N-dealkylation sites (N-methyl/N-ethyl adjacent to an activating group) is 1. The maximum Gasteiger partial charge on any atom is 0.283 e. The van der Waals surface area contributed by atoms with Crippen LogP contribution in [0, 0.1) is 11.3 Å². The average molecular weight is 375 g/mol. The summed E-state index contributed by atoms with van der Waals surface area (Å²) in [6.07, 6.45) is 5.53. The molecule has 2 atom stereocenters. The van der Waals surface area contributed by atoms with Crippen LogP contribution in [0.3, 0.4) is 0 Å². The summed E-state index contributed by atoms with van der Waals surface area (Å²) in [5.74, 6) is -0.0133. The standard InChI is InChI=1S/C19H23N3OS2/c1-13(22(2)11-14-8-9-24-12-14)18(23)21-19-16(10-20)15-6-4-3-5-7-17(15)25-19/h8-9,12-13H,3-7,11H2,1-2H3,(H,21,23)/p+1/t13-/m0/s1. The Bertz CT molecular complexity index is 773. The Morgan fingerprint density at radius 2 is 2.20 bits per heavy atom. The Labute approximate surface area is 157 Å². The van der Waals surface area contributed by atoms with Crippen molar-refractivity contribution in [3.8, 4) is 6.07 Å². The Kier molecular flexibility index (Phi) is 5.89. The molecule has 2 N–H and O–H groups in total. The minimum absolute atomic E-state index is 0.0133. The fourth-order valence-electron chi connectivity index (χ4n) is 3.26. The molecule has 4 nitrogen and oxygen atoms in total. The molecule has 1 aliphatic rings. The molecule has 2 heterocycles. The van der Waals surface area contributed by atoms with Crippen molar-refractivity contribution in [3.05, 3.63) is 38.4 Å². The number of fused-ring (bicyclic) bond motifs is 1. The summed E-state index contributed by atoms with van der Waals surface area (Å²) in [6, 6.07) is 4.26. The Morgan fingerprint density at radius 3 is 2.92 bits per heavy atom. The van der Waals surface area contributed by atoms with Gasteiger partial charge in [-0.2, -0.15) is 16.6 Å². The number of aryl methyl sites for hydroxylation is 1. The first-order valence-corrected chi connectivity index (χ1v) is 10.5. The van der Waals surface area contributed by atoms with Gasteiger partial charge in [-0.1, -0.05) is 6.42 Å². The van der Waals surface area contributed by atoms with Gasteiger partial charge in [-0.05, 0) is 55.0 Å². The summed E-state index contributed by atoms with van der Waals surface area (Å²) < 4.78 is 0. The fraction of sp³-hybridized carbons (Fsp3) is 0.474. The lowest BCUT2D eigenvalue weighted by molar-refractivity contribution is -0.907. The second-order valence-electron chi connectivity index (χ2n) is 6.75. The van der Waals surface area contributed by atoms with E-state index in [4.69, 9.17) is 0 Å². The zero-order valence-corrected chi connectivity index (χ0v) is 16.4. The number of rotatable bonds is 5. The van der Waals surface area contributed by atoms with Gasteiger partial charge in [0.25, 0.3) is 5.91 Å². The molecule has 25 heavy (non-hydrogen) atoms. The highest BCUT2D eigenvalue weighted by molar-refractivity contribution is 7.16. The predicted octanol–water partition coefficient (Wildman–Crippen LogP) is 2.99. The van der Waals surface area contributed by atoms with Crippen LogP contribution in [-0.4, -0.2) is 19.0 Å². The zero-order valence-electron chi connectivity index (χ0n) is 14.7. The van der Waals surface area contributed by atoms with Gasteiger partial charge in [0.1, 0.15) is 17.6 Å². The van der Waals surface area contributed by atoms with Crippen molar-refractivity contribution in [2.45, 2.75) is 51.6 Å². The average Bonchev–Trinajstić information content (AvgIpc) is 3.15. The number of anilines is 1. The molecule has 1 aliphatic carbocycles. The van der Waals surface area contributed by atoms with E-state index in [1.54, 1.807) is 22.7 Å². The summed E-state index contributed by atoms with van der Waals surface area (Å²) in [4.78, 5) is 15.1. The van der Waals surface area contributed by atoms with Gasteiger partial charge in [-0.15, -0.1) is 11.3 Å². The molecular formula is C19H24N3OS2+. The zero-order chi connectivity index (χ0) is 17.8. The van der Waals surface area contributed by atoms with Crippen molar-refractivity contribution < 1.29 is 9.69 Å². The van der Waals surface area contributed by atoms with Gasteiger partial charge in [-0.3, -0.25) is 4.79 Å². The molecule has 1 amide bonds. The number of hydrogen-bond acceptors (Lipinski definition) is 4. The van der Waals surface area contributed by atoms with Crippen molar-refractivity contribution in [1.82, 2.24) is 0 Å². The number of thiophene rings is 2. The maximum absolute atomic E-state index is 12.7. The topological polar surface area (TPSA) is 57.3 Å². The lowest BCUT2D eigenvalue weighted by atomic mass is 10.1. The molecule has 3 rings (SSSR count). The van der Waals surface area contributed by atoms with E-state index in [1.165, 1.54) is 28.8 Å². The third-order valence-corrected chi connectivity index (χ3v) is 6.90. The monoisotopic (exact) mass is 374 g/mol. The predicted molar refractivity (Wildman–Crippen MR) is 103 cm³/mol. The van der Waals surface area contributed by atoms with Crippen LogP contribution < -0.4 is 10.2 Å². The van der Waals surface area contributed by atoms with E-state index in [9.17, 15) is 10.1 Å². The maximum atomic E-state index is 12.7. The normalized spacial score (nSPS) is 16.4. The van der Waals surface area contributed by atoms with Crippen LogP contribution in [0.5, 0.6) is 0 Å². The van der Waals surface area contributed by atoms with Gasteiger partial charge in [0.15, 0.2) is 6.04 Å². The van der Waals surface area contributed by atoms with Crippen LogP contribution >= 0.6 is 22.7 Å². The molecule has 6 heteroatoms. The summed E-state index contributed by atoms with van der Waals surface area (Å²) in [5, 5.41) is 17.6. The van der Waals surface area contributed by atoms with Gasteiger partial charge in [-0.25, -0.2) is 0 Å². The van der Waals surface area contributed by atoms with E-state index in [2.05, 4.69) is 28.2 Å². The number of carbonyl (C=O) groups is 1. The fourth-order valence-corrected chi connectivity index (χ4v) is 5.17. The Morgan fingerprint density at radius 1 is 1.40 bits per heavy atom. The first-order chi connectivity index (χ1) is 12.1. The summed E-state index contributed by atoms with van der Waals surface area (Å²) in [7, 11) is 2.04. The first-order valence-electron chi connectivity index (χ1n) is 8.79. The van der Waals surface area contributed by atoms with Gasteiger partial charge in [0.2, 0.25) is 0 Å². The second-order valence-corrected chi connectivity index (χ2v) is 8.63. The molecule has 2 aromatic heterocycles. The number of carbonyl (C=O) groups excluding carboxylic acids is 1. The first kappa shape index (κ1) is 18.1. The summed E-state index contributed by atoms with van der Waals surface area (Å²) in [6.45, 7) is 2.77. The van der Waals surface area contributed by atoms with E-state index >= 15 is 0 Å². The highest BCUT2D eigenvalue weighted by atomic mass is 32.1. The highest BCUT2D eigenvalue weighted by Gasteiger charge is 2.26. The molecule has 0 radical (unpaired) electrons. The molecule has 0 aromatic carbocycles. The van der Waals surface area contributed by atoms with Crippen LogP contribution in [0.25, 0.3) is 0 Å². The minimum Gasteiger partial charge on any atom is -0.324 e. The van der Waals surface area contributed by atoms with E-state index in [1.807, 2.05) is 14.0 Å². The number of quaternary nitrogens is 1. The molecule has 0 bridgehead atoms. The van der Waals surface area contributed by atoms with Crippen molar-refractivity contribution >= 4 is 33.6 Å². The van der Waals surface area contributed by atoms with Crippen molar-refractivity contribution in [3.63, 3.8) is 0 Å². The van der Waals surface area contributed by atoms with Gasteiger partial charge in [0, 0.05) is 10.4 Å². The smallest absolute Gasteiger partial charge is 0.283 e. The molecule has 0 aliphatic heterocycles. The summed E-state index contributed by atoms with van der Waals surface area (Å²) >= 11 is 3.28. The number of nitrogens with zero attached hydrogens (tertiary/aromatic N) is 1. The number of amides is 1. The Balaban J connectivity index is 1.71. The van der Waals surface area contributed by atoms with Crippen LogP contribution in [0.1, 0.15) is 47.8 Å². The molecule has 0 saturated heterocycles. The molecule has 0 spiro atoms. The molecule has 2 aromatic rings. The van der Waals surface area contributed by atoms with Crippen LogP contribution in [0.2, 0.25) is 0 Å². The quantitative estimate of drug-likeness (QED) is 0.791.